The molecule has 0 aliphatic rings. The quantitative estimate of drug-likeness (QED) is 0.329. The Morgan fingerprint density at radius 1 is 1.11 bits per heavy atom. The van der Waals surface area contributed by atoms with E-state index in [0.29, 0.717) is 29.6 Å². The van der Waals surface area contributed by atoms with E-state index in [1.165, 1.54) is 11.8 Å². The molecule has 0 spiro atoms. The van der Waals surface area contributed by atoms with Crippen LogP contribution in [0.15, 0.2) is 58.3 Å². The molecule has 0 bridgehead atoms. The first-order chi connectivity index (χ1) is 16.9. The van der Waals surface area contributed by atoms with Crippen molar-refractivity contribution in [3.8, 4) is 6.07 Å². The fourth-order valence-electron chi connectivity index (χ4n) is 3.93. The number of anilines is 1. The van der Waals surface area contributed by atoms with Gasteiger partial charge in [-0.05, 0) is 37.1 Å². The number of carbonyl (C=O) groups excluding carboxylic acids is 1. The van der Waals surface area contributed by atoms with Gasteiger partial charge in [0, 0.05) is 18.2 Å². The van der Waals surface area contributed by atoms with Crippen molar-refractivity contribution in [2.24, 2.45) is 0 Å². The molecule has 1 N–H and O–H groups in total. The molecular formula is C26H28N6O2S. The molecule has 3 heterocycles. The molecule has 9 heteroatoms. The first-order valence-electron chi connectivity index (χ1n) is 11.4. The van der Waals surface area contributed by atoms with E-state index in [1.807, 2.05) is 65.4 Å². The fourth-order valence-corrected chi connectivity index (χ4v) is 4.68. The zero-order chi connectivity index (χ0) is 24.9. The van der Waals surface area contributed by atoms with Crippen molar-refractivity contribution in [1.29, 1.82) is 5.26 Å². The van der Waals surface area contributed by atoms with Crippen molar-refractivity contribution in [3.63, 3.8) is 0 Å². The molecule has 1 aromatic carbocycles. The number of benzene rings is 1. The highest BCUT2D eigenvalue weighted by molar-refractivity contribution is 7.99. The van der Waals surface area contributed by atoms with E-state index in [9.17, 15) is 10.1 Å². The Balaban J connectivity index is 1.53. The van der Waals surface area contributed by atoms with Crippen molar-refractivity contribution in [2.75, 3.05) is 11.1 Å². The third-order valence-corrected chi connectivity index (χ3v) is 6.84. The van der Waals surface area contributed by atoms with Crippen LogP contribution in [0.2, 0.25) is 0 Å². The predicted molar refractivity (Wildman–Crippen MR) is 135 cm³/mol. The molecule has 3 aromatic heterocycles. The van der Waals surface area contributed by atoms with Crippen LogP contribution in [0, 0.1) is 25.2 Å². The standard InChI is InChI=1S/C26H28N6O2S/c1-17(2)24-29-30-26(32(24)15-21-11-8-12-34-21)35-16-23(33)28-25-22(13-27)18(3)19(4)31(25)14-20-9-6-5-7-10-20/h5-12,17H,14-16H2,1-4H3,(H,28,33). The van der Waals surface area contributed by atoms with Gasteiger partial charge in [-0.2, -0.15) is 5.26 Å². The minimum atomic E-state index is -0.211. The van der Waals surface area contributed by atoms with Crippen LogP contribution in [-0.2, 0) is 17.9 Å². The first kappa shape index (κ1) is 24.4. The van der Waals surface area contributed by atoms with Gasteiger partial charge in [0.25, 0.3) is 0 Å². The Kier molecular flexibility index (Phi) is 7.42. The maximum Gasteiger partial charge on any atom is 0.235 e. The monoisotopic (exact) mass is 488 g/mol. The van der Waals surface area contributed by atoms with Gasteiger partial charge in [-0.15, -0.1) is 10.2 Å². The minimum absolute atomic E-state index is 0.133. The number of thioether (sulfide) groups is 1. The summed E-state index contributed by atoms with van der Waals surface area (Å²) in [6.45, 7) is 9.04. The highest BCUT2D eigenvalue weighted by Crippen LogP contribution is 2.28. The number of hydrogen-bond acceptors (Lipinski definition) is 6. The molecule has 0 aliphatic heterocycles. The summed E-state index contributed by atoms with van der Waals surface area (Å²) in [7, 11) is 0. The van der Waals surface area contributed by atoms with Gasteiger partial charge in [0.15, 0.2) is 5.16 Å². The van der Waals surface area contributed by atoms with Crippen LogP contribution < -0.4 is 5.32 Å². The van der Waals surface area contributed by atoms with Gasteiger partial charge in [0.05, 0.1) is 24.1 Å². The second kappa shape index (κ2) is 10.7. The predicted octanol–water partition coefficient (Wildman–Crippen LogP) is 5.11. The number of nitrogens with one attached hydrogen (secondary N) is 1. The molecule has 0 radical (unpaired) electrons. The summed E-state index contributed by atoms with van der Waals surface area (Å²) in [5, 5.41) is 22.1. The average Bonchev–Trinajstić information content (AvgIpc) is 3.55. The van der Waals surface area contributed by atoms with E-state index < -0.39 is 0 Å². The van der Waals surface area contributed by atoms with Gasteiger partial charge in [-0.25, -0.2) is 0 Å². The van der Waals surface area contributed by atoms with Crippen LogP contribution in [0.3, 0.4) is 0 Å². The number of furan rings is 1. The molecule has 1 amide bonds. The summed E-state index contributed by atoms with van der Waals surface area (Å²) >= 11 is 1.31. The normalized spacial score (nSPS) is 11.1. The maximum atomic E-state index is 13.0. The van der Waals surface area contributed by atoms with Crippen LogP contribution in [0.25, 0.3) is 0 Å². The van der Waals surface area contributed by atoms with Crippen molar-refractivity contribution in [2.45, 2.75) is 51.9 Å². The zero-order valence-electron chi connectivity index (χ0n) is 20.3. The molecule has 35 heavy (non-hydrogen) atoms. The Morgan fingerprint density at radius 2 is 1.89 bits per heavy atom. The van der Waals surface area contributed by atoms with Gasteiger partial charge < -0.3 is 14.3 Å². The van der Waals surface area contributed by atoms with Gasteiger partial charge in [0.2, 0.25) is 5.91 Å². The second-order valence-corrected chi connectivity index (χ2v) is 9.56. The Morgan fingerprint density at radius 3 is 2.54 bits per heavy atom. The molecule has 4 aromatic rings. The van der Waals surface area contributed by atoms with Gasteiger partial charge in [0.1, 0.15) is 23.5 Å². The molecule has 0 atom stereocenters. The molecule has 4 rings (SSSR count). The molecule has 0 aliphatic carbocycles. The van der Waals surface area contributed by atoms with Gasteiger partial charge >= 0.3 is 0 Å². The molecule has 180 valence electrons. The van der Waals surface area contributed by atoms with Crippen molar-refractivity contribution >= 4 is 23.5 Å². The zero-order valence-corrected chi connectivity index (χ0v) is 21.1. The summed E-state index contributed by atoms with van der Waals surface area (Å²) in [5.41, 5.74) is 3.39. The van der Waals surface area contributed by atoms with E-state index in [0.717, 1.165) is 28.4 Å². The molecular weight excluding hydrogens is 460 g/mol. The molecule has 0 fully saturated rings. The van der Waals surface area contributed by atoms with Crippen molar-refractivity contribution in [3.05, 3.63) is 82.7 Å². The lowest BCUT2D eigenvalue weighted by Gasteiger charge is -2.14. The fraction of sp³-hybridized carbons (Fsp3) is 0.308. The highest BCUT2D eigenvalue weighted by atomic mass is 32.2. The third kappa shape index (κ3) is 5.33. The lowest BCUT2D eigenvalue weighted by Crippen LogP contribution is -2.19. The summed E-state index contributed by atoms with van der Waals surface area (Å²) in [4.78, 5) is 13.0. The number of amides is 1. The lowest BCUT2D eigenvalue weighted by molar-refractivity contribution is -0.113. The number of rotatable bonds is 9. The largest absolute Gasteiger partial charge is 0.467 e. The number of carbonyl (C=O) groups is 1. The van der Waals surface area contributed by atoms with E-state index >= 15 is 0 Å². The Bertz CT molecular complexity index is 1350. The van der Waals surface area contributed by atoms with E-state index in [-0.39, 0.29) is 17.6 Å². The number of nitriles is 1. The van der Waals surface area contributed by atoms with E-state index in [1.54, 1.807) is 6.26 Å². The lowest BCUT2D eigenvalue weighted by atomic mass is 10.2. The number of nitrogens with zero attached hydrogens (tertiary/aromatic N) is 5. The summed E-state index contributed by atoms with van der Waals surface area (Å²) in [6.07, 6.45) is 1.64. The van der Waals surface area contributed by atoms with Gasteiger partial charge in [-0.3, -0.25) is 9.36 Å². The number of aromatic nitrogens is 4. The first-order valence-corrected chi connectivity index (χ1v) is 12.4. The van der Waals surface area contributed by atoms with Crippen LogP contribution >= 0.6 is 11.8 Å². The van der Waals surface area contributed by atoms with Crippen LogP contribution in [-0.4, -0.2) is 31.0 Å². The smallest absolute Gasteiger partial charge is 0.235 e. The third-order valence-electron chi connectivity index (χ3n) is 5.87. The minimum Gasteiger partial charge on any atom is -0.467 e. The number of hydrogen-bond donors (Lipinski definition) is 1. The average molecular weight is 489 g/mol. The molecule has 0 unspecified atom stereocenters. The maximum absolute atomic E-state index is 13.0. The van der Waals surface area contributed by atoms with Crippen LogP contribution in [0.5, 0.6) is 0 Å². The van der Waals surface area contributed by atoms with E-state index in [2.05, 4.69) is 35.4 Å². The Hall–Kier alpha value is -3.77. The molecule has 0 saturated heterocycles. The Labute approximate surface area is 209 Å². The van der Waals surface area contributed by atoms with Crippen molar-refractivity contribution in [1.82, 2.24) is 19.3 Å². The van der Waals surface area contributed by atoms with E-state index in [4.69, 9.17) is 4.42 Å². The SMILES string of the molecule is Cc1c(C#N)c(NC(=O)CSc2nnc(C(C)C)n2Cc2ccco2)n(Cc2ccccc2)c1C. The molecule has 8 nitrogen and oxygen atoms in total. The summed E-state index contributed by atoms with van der Waals surface area (Å²) in [5.74, 6) is 2.24. The second-order valence-electron chi connectivity index (χ2n) is 8.62. The summed E-state index contributed by atoms with van der Waals surface area (Å²) in [6, 6.07) is 16.0. The summed E-state index contributed by atoms with van der Waals surface area (Å²) < 4.78 is 9.47. The highest BCUT2D eigenvalue weighted by Gasteiger charge is 2.21. The van der Waals surface area contributed by atoms with Crippen molar-refractivity contribution < 1.29 is 9.21 Å². The topological polar surface area (TPSA) is 102 Å². The van der Waals surface area contributed by atoms with Crippen LogP contribution in [0.1, 0.15) is 53.7 Å². The van der Waals surface area contributed by atoms with Gasteiger partial charge in [-0.1, -0.05) is 55.9 Å². The van der Waals surface area contributed by atoms with Crippen LogP contribution in [0.4, 0.5) is 5.82 Å². The molecule has 0 saturated carbocycles.